The smallest absolute Gasteiger partial charge is 0.212 e. The first-order valence-corrected chi connectivity index (χ1v) is 14.6. The van der Waals surface area contributed by atoms with Crippen LogP contribution in [0.15, 0.2) is 78.9 Å². The molecule has 2 aliphatic heterocycles. The van der Waals surface area contributed by atoms with Gasteiger partial charge in [-0.1, -0.05) is 30.3 Å². The topological polar surface area (TPSA) is 54.9 Å². The van der Waals surface area contributed by atoms with Crippen LogP contribution in [0.2, 0.25) is 0 Å². The van der Waals surface area contributed by atoms with E-state index in [9.17, 15) is 4.79 Å². The summed E-state index contributed by atoms with van der Waals surface area (Å²) in [5.74, 6) is 1.52. The molecule has 2 aliphatic rings. The number of para-hydroxylation sites is 1. The predicted octanol–water partition coefficient (Wildman–Crippen LogP) is 6.08. The van der Waals surface area contributed by atoms with Gasteiger partial charge in [-0.2, -0.15) is 0 Å². The molecular weight excluding hydrogens is 498 g/mol. The number of rotatable bonds is 11. The zero-order valence-electron chi connectivity index (χ0n) is 23.1. The maximum Gasteiger partial charge on any atom is 0.212 e. The van der Waals surface area contributed by atoms with Crippen molar-refractivity contribution in [1.82, 2.24) is 14.8 Å². The first-order chi connectivity index (χ1) is 19.7. The summed E-state index contributed by atoms with van der Waals surface area (Å²) >= 11 is 0. The van der Waals surface area contributed by atoms with Crippen LogP contribution in [0.5, 0.6) is 11.5 Å². The zero-order valence-corrected chi connectivity index (χ0v) is 23.1. The molecule has 0 saturated carbocycles. The Morgan fingerprint density at radius 2 is 1.25 bits per heavy atom. The van der Waals surface area contributed by atoms with Crippen LogP contribution >= 0.6 is 0 Å². The Balaban J connectivity index is 1.18. The van der Waals surface area contributed by atoms with E-state index in [0.29, 0.717) is 24.5 Å². The fraction of sp³-hybridized carbons (Fsp3) is 0.353. The normalized spacial score (nSPS) is 16.0. The number of hydrogen-bond acceptors (Lipinski definition) is 6. The lowest BCUT2D eigenvalue weighted by Gasteiger charge is -2.15. The molecule has 3 heterocycles. The molecular formula is C34H37N3O3. The van der Waals surface area contributed by atoms with Crippen molar-refractivity contribution in [2.45, 2.75) is 25.7 Å². The van der Waals surface area contributed by atoms with Gasteiger partial charge in [0, 0.05) is 29.6 Å². The number of carbonyl (C=O) groups is 1. The molecule has 40 heavy (non-hydrogen) atoms. The molecule has 6 rings (SSSR count). The molecule has 3 aromatic carbocycles. The van der Waals surface area contributed by atoms with Gasteiger partial charge in [-0.25, -0.2) is 4.98 Å². The maximum atomic E-state index is 13.8. The van der Waals surface area contributed by atoms with E-state index in [1.54, 1.807) is 0 Å². The number of ketones is 1. The molecule has 0 N–H and O–H groups in total. The van der Waals surface area contributed by atoms with Crippen LogP contribution in [-0.4, -0.2) is 73.0 Å². The van der Waals surface area contributed by atoms with Crippen LogP contribution in [-0.2, 0) is 0 Å². The zero-order chi connectivity index (χ0) is 27.1. The van der Waals surface area contributed by atoms with Gasteiger partial charge in [-0.3, -0.25) is 14.6 Å². The third-order valence-electron chi connectivity index (χ3n) is 7.97. The fourth-order valence-electron chi connectivity index (χ4n) is 5.68. The minimum Gasteiger partial charge on any atom is -0.492 e. The second-order valence-corrected chi connectivity index (χ2v) is 10.7. The van der Waals surface area contributed by atoms with E-state index < -0.39 is 0 Å². The Morgan fingerprint density at radius 3 is 1.85 bits per heavy atom. The maximum absolute atomic E-state index is 13.8. The molecule has 2 fully saturated rings. The van der Waals surface area contributed by atoms with E-state index in [1.807, 2.05) is 72.8 Å². The third kappa shape index (κ3) is 6.35. The predicted molar refractivity (Wildman–Crippen MR) is 159 cm³/mol. The summed E-state index contributed by atoms with van der Waals surface area (Å²) in [4.78, 5) is 23.5. The summed E-state index contributed by atoms with van der Waals surface area (Å²) < 4.78 is 11.9. The number of pyridine rings is 1. The van der Waals surface area contributed by atoms with Gasteiger partial charge in [0.05, 0.1) is 5.52 Å². The third-order valence-corrected chi connectivity index (χ3v) is 7.97. The largest absolute Gasteiger partial charge is 0.492 e. The molecule has 0 spiro atoms. The SMILES string of the molecule is O=C(c1ccc(OCCN2CCCC2)cc1)c1nc2ccccc2cc1-c1ccc(OCCN2CCCC2)cc1. The molecule has 1 aromatic heterocycles. The molecule has 0 unspecified atom stereocenters. The Kier molecular flexibility index (Phi) is 8.36. The molecule has 4 aromatic rings. The molecule has 0 radical (unpaired) electrons. The summed E-state index contributed by atoms with van der Waals surface area (Å²) in [5.41, 5.74) is 3.61. The standard InChI is InChI=1S/C34H37N3O3/c38-34(27-11-15-30(16-12-27)40-24-22-37-19-5-6-20-37)33-31(25-28-7-1-2-8-32(28)35-33)26-9-13-29(14-10-26)39-23-21-36-17-3-4-18-36/h1-2,7-16,25H,3-6,17-24H2. The highest BCUT2D eigenvalue weighted by atomic mass is 16.5. The minimum atomic E-state index is -0.102. The van der Waals surface area contributed by atoms with Crippen molar-refractivity contribution in [2.24, 2.45) is 0 Å². The first-order valence-electron chi connectivity index (χ1n) is 14.6. The van der Waals surface area contributed by atoms with Crippen molar-refractivity contribution in [2.75, 3.05) is 52.5 Å². The summed E-state index contributed by atoms with van der Waals surface area (Å²) in [6, 6.07) is 25.4. The Morgan fingerprint density at radius 1 is 0.700 bits per heavy atom. The molecule has 6 nitrogen and oxygen atoms in total. The van der Waals surface area contributed by atoms with Gasteiger partial charge in [-0.15, -0.1) is 0 Å². The van der Waals surface area contributed by atoms with Gasteiger partial charge < -0.3 is 9.47 Å². The van der Waals surface area contributed by atoms with Gasteiger partial charge in [0.2, 0.25) is 5.78 Å². The second kappa shape index (κ2) is 12.6. The average Bonchev–Trinajstić information content (AvgIpc) is 3.72. The molecule has 0 bridgehead atoms. The van der Waals surface area contributed by atoms with Crippen molar-refractivity contribution in [1.29, 1.82) is 0 Å². The molecule has 0 aliphatic carbocycles. The van der Waals surface area contributed by atoms with Gasteiger partial charge in [0.25, 0.3) is 0 Å². The van der Waals surface area contributed by atoms with E-state index in [4.69, 9.17) is 14.5 Å². The van der Waals surface area contributed by atoms with Crippen LogP contribution in [0.4, 0.5) is 0 Å². The minimum absolute atomic E-state index is 0.102. The monoisotopic (exact) mass is 535 g/mol. The van der Waals surface area contributed by atoms with E-state index in [0.717, 1.165) is 59.7 Å². The van der Waals surface area contributed by atoms with E-state index >= 15 is 0 Å². The molecule has 2 saturated heterocycles. The van der Waals surface area contributed by atoms with Gasteiger partial charge >= 0.3 is 0 Å². The number of likely N-dealkylation sites (tertiary alicyclic amines) is 2. The number of nitrogens with zero attached hydrogens (tertiary/aromatic N) is 3. The lowest BCUT2D eigenvalue weighted by molar-refractivity contribution is 0.103. The van der Waals surface area contributed by atoms with Gasteiger partial charge in [0.15, 0.2) is 0 Å². The number of fused-ring (bicyclic) bond motifs is 1. The van der Waals surface area contributed by atoms with Crippen molar-refractivity contribution < 1.29 is 14.3 Å². The van der Waals surface area contributed by atoms with E-state index in [-0.39, 0.29) is 5.78 Å². The molecule has 0 amide bonds. The lowest BCUT2D eigenvalue weighted by atomic mass is 9.96. The number of benzene rings is 3. The number of aromatic nitrogens is 1. The van der Waals surface area contributed by atoms with Crippen molar-refractivity contribution in [3.05, 3.63) is 90.1 Å². The van der Waals surface area contributed by atoms with Gasteiger partial charge in [0.1, 0.15) is 30.4 Å². The van der Waals surface area contributed by atoms with Crippen LogP contribution in [0, 0.1) is 0 Å². The van der Waals surface area contributed by atoms with Crippen LogP contribution in [0.3, 0.4) is 0 Å². The Labute approximate surface area is 236 Å². The molecule has 0 atom stereocenters. The van der Waals surface area contributed by atoms with Crippen molar-refractivity contribution in [3.8, 4) is 22.6 Å². The van der Waals surface area contributed by atoms with Crippen LogP contribution in [0.25, 0.3) is 22.0 Å². The summed E-state index contributed by atoms with van der Waals surface area (Å²) in [7, 11) is 0. The Hall–Kier alpha value is -3.74. The average molecular weight is 536 g/mol. The lowest BCUT2D eigenvalue weighted by Crippen LogP contribution is -2.25. The summed E-state index contributed by atoms with van der Waals surface area (Å²) in [6.45, 7) is 7.88. The highest BCUT2D eigenvalue weighted by molar-refractivity contribution is 6.12. The van der Waals surface area contributed by atoms with Crippen molar-refractivity contribution in [3.63, 3.8) is 0 Å². The van der Waals surface area contributed by atoms with Crippen molar-refractivity contribution >= 4 is 16.7 Å². The molecule has 206 valence electrons. The van der Waals surface area contributed by atoms with E-state index in [1.165, 1.54) is 38.8 Å². The number of carbonyl (C=O) groups excluding carboxylic acids is 1. The number of ether oxygens (including phenoxy) is 2. The van der Waals surface area contributed by atoms with Crippen LogP contribution in [0.1, 0.15) is 41.7 Å². The van der Waals surface area contributed by atoms with Gasteiger partial charge in [-0.05, 0) is 106 Å². The Bertz CT molecular complexity index is 1420. The molecule has 6 heteroatoms. The fourth-order valence-corrected chi connectivity index (χ4v) is 5.68. The second-order valence-electron chi connectivity index (χ2n) is 10.7. The summed E-state index contributed by atoms with van der Waals surface area (Å²) in [6.07, 6.45) is 5.12. The quantitative estimate of drug-likeness (QED) is 0.217. The first kappa shape index (κ1) is 26.5. The highest BCUT2D eigenvalue weighted by Gasteiger charge is 2.19. The van der Waals surface area contributed by atoms with Crippen LogP contribution < -0.4 is 9.47 Å². The number of hydrogen-bond donors (Lipinski definition) is 0. The summed E-state index contributed by atoms with van der Waals surface area (Å²) in [5, 5.41) is 1.00. The van der Waals surface area contributed by atoms with E-state index in [2.05, 4.69) is 15.9 Å². The highest BCUT2D eigenvalue weighted by Crippen LogP contribution is 2.30.